The summed E-state index contributed by atoms with van der Waals surface area (Å²) in [5.41, 5.74) is 10.5. The molecule has 1 aliphatic heterocycles. The predicted octanol–water partition coefficient (Wildman–Crippen LogP) is 11.1. The van der Waals surface area contributed by atoms with Crippen LogP contribution in [0.1, 0.15) is 175 Å². The first-order valence-corrected chi connectivity index (χ1v) is 30.7. The van der Waals surface area contributed by atoms with Crippen molar-refractivity contribution in [1.29, 1.82) is 0 Å². The van der Waals surface area contributed by atoms with E-state index >= 15 is 0 Å². The number of aliphatic hydroxyl groups is 3. The Labute approximate surface area is 642 Å². The van der Waals surface area contributed by atoms with E-state index < -0.39 is 18.3 Å². The summed E-state index contributed by atoms with van der Waals surface area (Å²) < 4.78 is 22.8. The number of ether oxygens (including phenoxy) is 4. The molecule has 0 aliphatic carbocycles. The molecule has 1 aliphatic rings. The first kappa shape index (κ1) is 88.3. The maximum atomic E-state index is 10.4. The van der Waals surface area contributed by atoms with E-state index in [-0.39, 0.29) is 156 Å². The smallest absolute Gasteiger partial charge is 1.00 e. The molecular weight excluding hydrogens is 1330 g/mol. The molecule has 0 radical (unpaired) electrons. The van der Waals surface area contributed by atoms with Gasteiger partial charge in [0.05, 0.1) is 24.9 Å². The van der Waals surface area contributed by atoms with Crippen molar-refractivity contribution < 1.29 is 184 Å². The number of aliphatic hydroxyl groups excluding tert-OH is 3. The molecule has 16 heteroatoms. The predicted molar refractivity (Wildman–Crippen MR) is 350 cm³/mol. The van der Waals surface area contributed by atoms with Crippen LogP contribution in [-0.4, -0.2) is 43.9 Å². The Balaban J connectivity index is -0.00000106. The Morgan fingerprint density at radius 3 is 1.18 bits per heavy atom. The molecule has 12 nitrogen and oxygen atoms in total. The van der Waals surface area contributed by atoms with Gasteiger partial charge >= 0.3 is 103 Å². The second kappa shape index (κ2) is 51.6. The molecular formula is C73H98BrK2O12Pd-. The van der Waals surface area contributed by atoms with Crippen LogP contribution in [0.25, 0.3) is 0 Å². The number of rotatable bonds is 24. The third kappa shape index (κ3) is 39.5. The van der Waals surface area contributed by atoms with Gasteiger partial charge in [0.1, 0.15) is 54.7 Å². The van der Waals surface area contributed by atoms with Crippen molar-refractivity contribution in [3.05, 3.63) is 227 Å². The third-order valence-corrected chi connectivity index (χ3v) is 14.6. The largest absolute Gasteiger partial charge is 1.00 e. The zero-order valence-corrected chi connectivity index (χ0v) is 64.4. The average Bonchev–Trinajstić information content (AvgIpc) is 3.73. The molecule has 1 saturated heterocycles. The second-order valence-electron chi connectivity index (χ2n) is 22.0. The Bertz CT molecular complexity index is 2890. The molecule has 7 aromatic rings. The first-order valence-electron chi connectivity index (χ1n) is 29.6. The van der Waals surface area contributed by atoms with Crippen molar-refractivity contribution in [1.82, 2.24) is 0 Å². The van der Waals surface area contributed by atoms with E-state index in [1.54, 1.807) is 0 Å². The number of alkyl halides is 1. The van der Waals surface area contributed by atoms with Crippen LogP contribution in [0.15, 0.2) is 164 Å². The quantitative estimate of drug-likeness (QED) is 0.00733. The molecule has 5 N–H and O–H groups in total. The monoisotopic (exact) mass is 1430 g/mol. The van der Waals surface area contributed by atoms with Gasteiger partial charge in [0.15, 0.2) is 0 Å². The van der Waals surface area contributed by atoms with Gasteiger partial charge in [0.25, 0.3) is 6.47 Å². The van der Waals surface area contributed by atoms with Gasteiger partial charge in [-0.15, -0.1) is 0 Å². The minimum absolute atomic E-state index is 0. The molecule has 6 atom stereocenters. The molecule has 6 unspecified atom stereocenters. The van der Waals surface area contributed by atoms with Crippen molar-refractivity contribution in [3.63, 3.8) is 0 Å². The number of benzene rings is 7. The fourth-order valence-corrected chi connectivity index (χ4v) is 8.51. The number of aryl methyl sites for hydroxylation is 3. The molecule has 0 saturated carbocycles. The number of epoxide rings is 1. The van der Waals surface area contributed by atoms with Gasteiger partial charge in [-0.3, -0.25) is 4.79 Å². The fourth-order valence-electron chi connectivity index (χ4n) is 8.14. The number of hydrogen-bond acceptors (Lipinski definition) is 12. The van der Waals surface area contributed by atoms with Crippen molar-refractivity contribution in [3.8, 4) is 28.7 Å². The van der Waals surface area contributed by atoms with E-state index in [4.69, 9.17) is 29.0 Å². The van der Waals surface area contributed by atoms with Crippen LogP contribution in [0.5, 0.6) is 28.7 Å². The normalized spacial score (nSPS) is 13.1. The van der Waals surface area contributed by atoms with Crippen molar-refractivity contribution in [2.24, 2.45) is 17.8 Å². The number of phenols is 2. The maximum absolute atomic E-state index is 10.4. The standard InChI is InChI=1S/C21H28O2.C16H17BrO2.C16H16O2.C13H20O3.C5H12.CH2O3.CH3.2K.Pd.H/c1-4-16(2)10-11-21(22)19-12-17(3)13-20(14-19)23-15-18-8-6-5-7-9-18;1-12-7-14(16(18)10-17)9-15(8-12)19-11-13-5-3-2-4-6-13;1-12-7-14(16-11-18-16)9-15(8-12)17-10-13-5-3-2-4-6-13;1-3-9(2)4-5-13(16)10-6-11(14)8-12(15)7-10;1-4-5(2)3;2-1-4-3;;;;;/h5-9,12-14,16,21-22H,4,10-11,15H2,1-3H3;2-9,16,18H,10-11H2,1H3;2-9,16H,10-11H2,1H3;6-9,13-16H,3-5H2,1-2H3;5H,4H2,1-3H3;1,3H;1H3;;;;/q;;;;;;-1;2*+1;;-1/p-1. The molecule has 0 bridgehead atoms. The van der Waals surface area contributed by atoms with Crippen molar-refractivity contribution in [2.45, 2.75) is 158 Å². The minimum atomic E-state index is -0.619. The Kier molecular flexibility index (Phi) is 51.2. The van der Waals surface area contributed by atoms with Gasteiger partial charge < -0.3 is 63.5 Å². The first-order chi connectivity index (χ1) is 40.8. The summed E-state index contributed by atoms with van der Waals surface area (Å²) in [5.74, 6) is 4.63. The van der Waals surface area contributed by atoms with Crippen LogP contribution in [0.3, 0.4) is 0 Å². The molecule has 1 fully saturated rings. The van der Waals surface area contributed by atoms with E-state index in [1.807, 2.05) is 111 Å². The molecule has 0 spiro atoms. The van der Waals surface area contributed by atoms with Crippen LogP contribution in [0.4, 0.5) is 0 Å². The third-order valence-electron chi connectivity index (χ3n) is 14.0. The minimum Gasteiger partial charge on any atom is -1.00 e. The van der Waals surface area contributed by atoms with Gasteiger partial charge in [-0.1, -0.05) is 193 Å². The maximum Gasteiger partial charge on any atom is 1.00 e. The number of hydrogen-bond donors (Lipinski definition) is 5. The van der Waals surface area contributed by atoms with E-state index in [0.29, 0.717) is 49.0 Å². The summed E-state index contributed by atoms with van der Waals surface area (Å²) in [6.45, 7) is 23.8. The molecule has 0 amide bonds. The number of halogens is 1. The zero-order chi connectivity index (χ0) is 62.5. The van der Waals surface area contributed by atoms with Gasteiger partial charge in [0, 0.05) is 31.8 Å². The molecule has 1 heterocycles. The number of carbonyl (C=O) groups is 1. The summed E-state index contributed by atoms with van der Waals surface area (Å²) in [7, 11) is 0. The van der Waals surface area contributed by atoms with Crippen molar-refractivity contribution in [2.75, 3.05) is 11.9 Å². The molecule has 0 aromatic heterocycles. The number of aromatic hydroxyl groups is 2. The van der Waals surface area contributed by atoms with Crippen LogP contribution in [-0.2, 0) is 54.7 Å². The van der Waals surface area contributed by atoms with E-state index in [9.17, 15) is 25.5 Å². The summed E-state index contributed by atoms with van der Waals surface area (Å²) in [5, 5.41) is 57.7. The van der Waals surface area contributed by atoms with E-state index in [0.717, 1.165) is 95.3 Å². The SMILES string of the molecule is CCC(C)C.CCC(C)CCC(O)c1cc(C)cc(OCc2ccccc2)c1.CCC(C)CCC(O)c1cc(O)cc(O)c1.Cc1cc(OCc2ccccc2)cc(C(O)CBr)c1.Cc1cc(OCc2ccccc2)cc(C2CO2)c1.O=CO[O-].[CH3-].[H-].[K+].[K+].[Pd]. The van der Waals surface area contributed by atoms with Crippen LogP contribution in [0, 0.1) is 46.0 Å². The van der Waals surface area contributed by atoms with Crippen LogP contribution < -0.4 is 122 Å². The van der Waals surface area contributed by atoms with Crippen LogP contribution in [0.2, 0.25) is 0 Å². The summed E-state index contributed by atoms with van der Waals surface area (Å²) in [6, 6.07) is 52.8. The fraction of sp³-hybridized carbons (Fsp3) is 0.397. The molecule has 482 valence electrons. The topological polar surface area (TPSA) is 191 Å². The Morgan fingerprint density at radius 1 is 0.539 bits per heavy atom. The van der Waals surface area contributed by atoms with Crippen LogP contribution >= 0.6 is 15.9 Å². The van der Waals surface area contributed by atoms with Gasteiger partial charge in [-0.05, 0) is 168 Å². The summed E-state index contributed by atoms with van der Waals surface area (Å²) in [6.07, 6.45) is 5.75. The average molecular weight is 1430 g/mol. The molecule has 7 aromatic carbocycles. The van der Waals surface area contributed by atoms with E-state index in [1.165, 1.54) is 41.3 Å². The second-order valence-corrected chi connectivity index (χ2v) is 22.7. The number of carbonyl (C=O) groups excluding carboxylic acids is 1. The summed E-state index contributed by atoms with van der Waals surface area (Å²) >= 11 is 3.29. The van der Waals surface area contributed by atoms with Gasteiger partial charge in [-0.25, -0.2) is 0 Å². The van der Waals surface area contributed by atoms with Gasteiger partial charge in [-0.2, -0.15) is 0 Å². The van der Waals surface area contributed by atoms with Crippen molar-refractivity contribution >= 4 is 22.4 Å². The summed E-state index contributed by atoms with van der Waals surface area (Å²) in [4.78, 5) is 11.2. The van der Waals surface area contributed by atoms with Gasteiger partial charge in [0.2, 0.25) is 0 Å². The zero-order valence-electron chi connectivity index (χ0n) is 56.0. The molecule has 89 heavy (non-hydrogen) atoms. The Hall–Kier alpha value is -2.77. The van der Waals surface area contributed by atoms with E-state index in [2.05, 4.69) is 125 Å². The Morgan fingerprint density at radius 2 is 0.865 bits per heavy atom. The number of phenolic OH excluding ortho intramolecular Hbond substituents is 2. The molecule has 8 rings (SSSR count).